The fraction of sp³-hybridized carbons (Fsp3) is 0.846. The molecule has 0 aromatic carbocycles. The van der Waals surface area contributed by atoms with Gasteiger partial charge in [-0.2, -0.15) is 0 Å². The number of cyclic esters (lactones) is 1. The van der Waals surface area contributed by atoms with E-state index in [1.807, 2.05) is 0 Å². The monoisotopic (exact) mass is 319 g/mol. The van der Waals surface area contributed by atoms with Crippen molar-refractivity contribution in [3.8, 4) is 0 Å². The Morgan fingerprint density at radius 3 is 2.78 bits per heavy atom. The van der Waals surface area contributed by atoms with Crippen molar-refractivity contribution in [2.24, 2.45) is 0 Å². The van der Waals surface area contributed by atoms with Crippen LogP contribution in [-0.2, 0) is 9.53 Å². The topological polar surface area (TPSA) is 46.6 Å². The molecule has 2 amide bonds. The molecule has 0 bridgehead atoms. The molecule has 1 fully saturated rings. The zero-order valence-electron chi connectivity index (χ0n) is 11.0. The Kier molecular flexibility index (Phi) is 7.32. The van der Waals surface area contributed by atoms with Gasteiger partial charge in [0.2, 0.25) is 5.91 Å². The highest BCUT2D eigenvalue weighted by Gasteiger charge is 2.28. The number of nitrogens with zero attached hydrogens (tertiary/aromatic N) is 1. The lowest BCUT2D eigenvalue weighted by molar-refractivity contribution is -0.127. The number of hydrogen-bond donors (Lipinski definition) is 0. The van der Waals surface area contributed by atoms with E-state index < -0.39 is 6.09 Å². The summed E-state index contributed by atoms with van der Waals surface area (Å²) >= 11 is 3.60. The van der Waals surface area contributed by atoms with Gasteiger partial charge in [0.25, 0.3) is 0 Å². The van der Waals surface area contributed by atoms with Gasteiger partial charge in [0.15, 0.2) is 0 Å². The third-order valence-electron chi connectivity index (χ3n) is 3.10. The predicted octanol–water partition coefficient (Wildman–Crippen LogP) is 3.48. The second kappa shape index (κ2) is 8.51. The Balaban J connectivity index is 2.11. The lowest BCUT2D eigenvalue weighted by Crippen LogP contribution is -2.31. The van der Waals surface area contributed by atoms with E-state index in [4.69, 9.17) is 4.74 Å². The van der Waals surface area contributed by atoms with Crippen molar-refractivity contribution in [3.05, 3.63) is 0 Å². The predicted molar refractivity (Wildman–Crippen MR) is 73.8 cm³/mol. The molecule has 1 heterocycles. The average Bonchev–Trinajstić information content (AvgIpc) is 2.78. The third-order valence-corrected chi connectivity index (χ3v) is 4.02. The standard InChI is InChI=1S/C13H22BrNO3/c1-2-3-4-5-6-11(14)7-8-12(16)15-9-10-18-13(15)17/h11H,2-10H2,1H3. The molecule has 18 heavy (non-hydrogen) atoms. The summed E-state index contributed by atoms with van der Waals surface area (Å²) in [4.78, 5) is 24.5. The van der Waals surface area contributed by atoms with E-state index in [1.54, 1.807) is 0 Å². The van der Waals surface area contributed by atoms with E-state index in [9.17, 15) is 9.59 Å². The van der Waals surface area contributed by atoms with Crippen LogP contribution in [0.25, 0.3) is 0 Å². The van der Waals surface area contributed by atoms with E-state index in [0.29, 0.717) is 24.4 Å². The van der Waals surface area contributed by atoms with Gasteiger partial charge in [-0.25, -0.2) is 9.69 Å². The Morgan fingerprint density at radius 2 is 2.17 bits per heavy atom. The highest BCUT2D eigenvalue weighted by Crippen LogP contribution is 2.18. The maximum atomic E-state index is 11.7. The Hall–Kier alpha value is -0.580. The number of carbonyl (C=O) groups is 2. The molecule has 0 spiro atoms. The normalized spacial score (nSPS) is 16.8. The fourth-order valence-electron chi connectivity index (χ4n) is 1.97. The minimum Gasteiger partial charge on any atom is -0.447 e. The molecule has 104 valence electrons. The van der Waals surface area contributed by atoms with Crippen LogP contribution in [-0.4, -0.2) is 34.9 Å². The van der Waals surface area contributed by atoms with Crippen LogP contribution in [0.5, 0.6) is 0 Å². The van der Waals surface area contributed by atoms with E-state index in [1.165, 1.54) is 30.6 Å². The van der Waals surface area contributed by atoms with Crippen LogP contribution in [0.3, 0.4) is 0 Å². The summed E-state index contributed by atoms with van der Waals surface area (Å²) in [6.45, 7) is 2.93. The SMILES string of the molecule is CCCCCCC(Br)CCC(=O)N1CCOC1=O. The molecule has 0 aliphatic carbocycles. The van der Waals surface area contributed by atoms with Gasteiger partial charge in [0, 0.05) is 11.2 Å². The number of amides is 2. The van der Waals surface area contributed by atoms with Crippen molar-refractivity contribution in [2.75, 3.05) is 13.2 Å². The van der Waals surface area contributed by atoms with Crippen molar-refractivity contribution >= 4 is 27.9 Å². The number of alkyl halides is 1. The van der Waals surface area contributed by atoms with Crippen molar-refractivity contribution in [1.82, 2.24) is 4.90 Å². The summed E-state index contributed by atoms with van der Waals surface area (Å²) in [6.07, 6.45) is 6.77. The number of ether oxygens (including phenoxy) is 1. The molecule has 4 nitrogen and oxygen atoms in total. The van der Waals surface area contributed by atoms with Gasteiger partial charge >= 0.3 is 6.09 Å². The second-order valence-electron chi connectivity index (χ2n) is 4.65. The van der Waals surface area contributed by atoms with Crippen LogP contribution in [0.2, 0.25) is 0 Å². The van der Waals surface area contributed by atoms with Crippen LogP contribution in [0.1, 0.15) is 51.9 Å². The zero-order valence-corrected chi connectivity index (χ0v) is 12.6. The lowest BCUT2D eigenvalue weighted by atomic mass is 10.1. The van der Waals surface area contributed by atoms with Gasteiger partial charge in [-0.3, -0.25) is 4.79 Å². The molecule has 0 aromatic heterocycles. The van der Waals surface area contributed by atoms with Crippen molar-refractivity contribution in [1.29, 1.82) is 0 Å². The smallest absolute Gasteiger partial charge is 0.416 e. The molecule has 1 atom stereocenters. The molecule has 1 aliphatic heterocycles. The molecule has 0 saturated carbocycles. The van der Waals surface area contributed by atoms with Gasteiger partial charge < -0.3 is 4.74 Å². The maximum absolute atomic E-state index is 11.7. The van der Waals surface area contributed by atoms with Gasteiger partial charge in [0.1, 0.15) is 6.61 Å². The third kappa shape index (κ3) is 5.38. The van der Waals surface area contributed by atoms with E-state index in [-0.39, 0.29) is 5.91 Å². The second-order valence-corrected chi connectivity index (χ2v) is 5.94. The Labute approximate surface area is 117 Å². The fourth-order valence-corrected chi connectivity index (χ4v) is 2.52. The summed E-state index contributed by atoms with van der Waals surface area (Å²) in [6, 6.07) is 0. The minimum absolute atomic E-state index is 0.115. The molecule has 0 radical (unpaired) electrons. The number of unbranched alkanes of at least 4 members (excludes halogenated alkanes) is 3. The summed E-state index contributed by atoms with van der Waals surface area (Å²) in [5.74, 6) is -0.115. The number of imide groups is 1. The molecule has 1 saturated heterocycles. The van der Waals surface area contributed by atoms with E-state index >= 15 is 0 Å². The largest absolute Gasteiger partial charge is 0.447 e. The van der Waals surface area contributed by atoms with E-state index in [0.717, 1.165) is 12.8 Å². The van der Waals surface area contributed by atoms with Crippen molar-refractivity contribution < 1.29 is 14.3 Å². The zero-order chi connectivity index (χ0) is 13.4. The van der Waals surface area contributed by atoms with Crippen molar-refractivity contribution in [3.63, 3.8) is 0 Å². The molecule has 5 heteroatoms. The summed E-state index contributed by atoms with van der Waals surface area (Å²) in [5.41, 5.74) is 0. The van der Waals surface area contributed by atoms with Crippen molar-refractivity contribution in [2.45, 2.75) is 56.7 Å². The molecule has 0 aromatic rings. The van der Waals surface area contributed by atoms with Crippen LogP contribution in [0, 0.1) is 0 Å². The van der Waals surface area contributed by atoms with Gasteiger partial charge in [-0.1, -0.05) is 48.5 Å². The highest BCUT2D eigenvalue weighted by atomic mass is 79.9. The van der Waals surface area contributed by atoms with Gasteiger partial charge in [-0.05, 0) is 12.8 Å². The Bertz CT molecular complexity index is 283. The maximum Gasteiger partial charge on any atom is 0.416 e. The van der Waals surface area contributed by atoms with Crippen LogP contribution in [0.4, 0.5) is 4.79 Å². The van der Waals surface area contributed by atoms with E-state index in [2.05, 4.69) is 22.9 Å². The average molecular weight is 320 g/mol. The quantitative estimate of drug-likeness (QED) is 0.508. The van der Waals surface area contributed by atoms with Crippen LogP contribution in [0.15, 0.2) is 0 Å². The minimum atomic E-state index is -0.492. The first-order valence-corrected chi connectivity index (χ1v) is 7.68. The molecule has 1 rings (SSSR count). The number of halogens is 1. The molecule has 1 aliphatic rings. The summed E-state index contributed by atoms with van der Waals surface area (Å²) < 4.78 is 4.74. The lowest BCUT2D eigenvalue weighted by Gasteiger charge is -2.13. The number of hydrogen-bond acceptors (Lipinski definition) is 3. The number of rotatable bonds is 8. The first-order valence-electron chi connectivity index (χ1n) is 6.76. The first-order chi connectivity index (χ1) is 8.65. The van der Waals surface area contributed by atoms with Crippen LogP contribution >= 0.6 is 15.9 Å². The van der Waals surface area contributed by atoms with Gasteiger partial charge in [0.05, 0.1) is 6.54 Å². The highest BCUT2D eigenvalue weighted by molar-refractivity contribution is 9.09. The van der Waals surface area contributed by atoms with Gasteiger partial charge in [-0.15, -0.1) is 0 Å². The Morgan fingerprint density at radius 1 is 1.39 bits per heavy atom. The molecule has 0 N–H and O–H groups in total. The van der Waals surface area contributed by atoms with Crippen LogP contribution < -0.4 is 0 Å². The molecular weight excluding hydrogens is 298 g/mol. The molecule has 1 unspecified atom stereocenters. The molecular formula is C13H22BrNO3. The number of carbonyl (C=O) groups excluding carboxylic acids is 2. The first kappa shape index (κ1) is 15.5. The summed E-state index contributed by atoms with van der Waals surface area (Å²) in [7, 11) is 0. The summed E-state index contributed by atoms with van der Waals surface area (Å²) in [5, 5.41) is 0.